The van der Waals surface area contributed by atoms with Gasteiger partial charge >= 0.3 is 0 Å². The topological polar surface area (TPSA) is 70.6 Å². The molecule has 32 heavy (non-hydrogen) atoms. The van der Waals surface area contributed by atoms with E-state index < -0.39 is 9.84 Å². The summed E-state index contributed by atoms with van der Waals surface area (Å²) in [5, 5.41) is 0.604. The normalized spacial score (nSPS) is 11.9. The van der Waals surface area contributed by atoms with Crippen molar-refractivity contribution >= 4 is 54.2 Å². The molecule has 1 aromatic heterocycles. The van der Waals surface area contributed by atoms with Crippen molar-refractivity contribution in [3.63, 3.8) is 0 Å². The molecular formula is C23H29N3O3S3. The Labute approximate surface area is 198 Å². The van der Waals surface area contributed by atoms with E-state index in [1.807, 2.05) is 31.2 Å². The predicted molar refractivity (Wildman–Crippen MR) is 135 cm³/mol. The summed E-state index contributed by atoms with van der Waals surface area (Å²) < 4.78 is 24.6. The molecule has 0 saturated heterocycles. The first-order chi connectivity index (χ1) is 15.2. The Hall–Kier alpha value is -1.94. The third kappa shape index (κ3) is 6.31. The molecule has 0 spiro atoms. The van der Waals surface area contributed by atoms with Gasteiger partial charge in [-0.05, 0) is 50.3 Å². The Bertz CT molecular complexity index is 1170. The lowest BCUT2D eigenvalue weighted by Gasteiger charge is -2.24. The van der Waals surface area contributed by atoms with Crippen LogP contribution in [0.2, 0.25) is 0 Å². The number of thioether (sulfide) groups is 1. The van der Waals surface area contributed by atoms with Gasteiger partial charge in [0.15, 0.2) is 15.0 Å². The van der Waals surface area contributed by atoms with Crippen molar-refractivity contribution in [2.24, 2.45) is 0 Å². The molecular weight excluding hydrogens is 462 g/mol. The van der Waals surface area contributed by atoms with Gasteiger partial charge in [0.2, 0.25) is 5.91 Å². The van der Waals surface area contributed by atoms with Crippen LogP contribution in [-0.4, -0.2) is 62.4 Å². The first kappa shape index (κ1) is 24.7. The highest BCUT2D eigenvalue weighted by Gasteiger charge is 2.21. The summed E-state index contributed by atoms with van der Waals surface area (Å²) in [5.41, 5.74) is 1.88. The number of rotatable bonds is 10. The summed E-state index contributed by atoms with van der Waals surface area (Å²) in [6.07, 6.45) is 1.19. The number of hydrogen-bond acceptors (Lipinski definition) is 7. The van der Waals surface area contributed by atoms with Crippen LogP contribution in [0, 0.1) is 6.92 Å². The van der Waals surface area contributed by atoms with Gasteiger partial charge in [0.05, 0.1) is 20.9 Å². The van der Waals surface area contributed by atoms with Gasteiger partial charge in [0.1, 0.15) is 0 Å². The molecule has 2 aromatic carbocycles. The molecule has 0 N–H and O–H groups in total. The number of sulfone groups is 1. The Morgan fingerprint density at radius 3 is 2.38 bits per heavy atom. The molecule has 0 atom stereocenters. The number of thiazole rings is 1. The number of carbonyl (C=O) groups excluding carboxylic acids is 1. The van der Waals surface area contributed by atoms with E-state index in [1.54, 1.807) is 23.1 Å². The monoisotopic (exact) mass is 491 g/mol. The van der Waals surface area contributed by atoms with Gasteiger partial charge in [-0.1, -0.05) is 42.9 Å². The van der Waals surface area contributed by atoms with Crippen LogP contribution in [0.1, 0.15) is 19.4 Å². The highest BCUT2D eigenvalue weighted by Crippen LogP contribution is 2.31. The molecule has 0 aliphatic carbocycles. The van der Waals surface area contributed by atoms with Gasteiger partial charge in [-0.25, -0.2) is 13.4 Å². The number of fused-ring (bicyclic) bond motifs is 1. The summed E-state index contributed by atoms with van der Waals surface area (Å²) in [4.78, 5) is 23.2. The highest BCUT2D eigenvalue weighted by atomic mass is 32.2. The van der Waals surface area contributed by atoms with E-state index in [1.165, 1.54) is 34.9 Å². The van der Waals surface area contributed by atoms with Crippen molar-refractivity contribution in [2.75, 3.05) is 43.1 Å². The van der Waals surface area contributed by atoms with E-state index >= 15 is 0 Å². The molecule has 0 aliphatic heterocycles. The molecule has 9 heteroatoms. The second-order valence-corrected chi connectivity index (χ2v) is 11.6. The smallest absolute Gasteiger partial charge is 0.239 e. The van der Waals surface area contributed by atoms with Crippen molar-refractivity contribution < 1.29 is 13.2 Å². The molecule has 6 nitrogen and oxygen atoms in total. The Morgan fingerprint density at radius 1 is 1.06 bits per heavy atom. The van der Waals surface area contributed by atoms with Crippen molar-refractivity contribution in [3.8, 4) is 0 Å². The van der Waals surface area contributed by atoms with Crippen molar-refractivity contribution in [1.82, 2.24) is 9.88 Å². The summed E-state index contributed by atoms with van der Waals surface area (Å²) in [7, 11) is -3.30. The fraction of sp³-hybridized carbons (Fsp3) is 0.391. The number of carbonyl (C=O) groups is 1. The molecule has 3 aromatic rings. The predicted octanol–water partition coefficient (Wildman–Crippen LogP) is 4.48. The van der Waals surface area contributed by atoms with Crippen LogP contribution in [0.3, 0.4) is 0 Å². The van der Waals surface area contributed by atoms with Crippen molar-refractivity contribution in [2.45, 2.75) is 30.6 Å². The molecule has 0 saturated carbocycles. The Kier molecular flexibility index (Phi) is 8.32. The summed E-state index contributed by atoms with van der Waals surface area (Å²) in [6, 6.07) is 13.0. The second-order valence-electron chi connectivity index (χ2n) is 7.57. The number of nitrogens with zero attached hydrogens (tertiary/aromatic N) is 3. The van der Waals surface area contributed by atoms with Gasteiger partial charge < -0.3 is 4.90 Å². The molecule has 0 radical (unpaired) electrons. The zero-order valence-corrected chi connectivity index (χ0v) is 21.3. The third-order valence-corrected chi connectivity index (χ3v) is 8.37. The molecule has 0 fully saturated rings. The number of aromatic nitrogens is 1. The quantitative estimate of drug-likeness (QED) is 0.390. The van der Waals surface area contributed by atoms with E-state index in [4.69, 9.17) is 0 Å². The fourth-order valence-electron chi connectivity index (χ4n) is 3.20. The number of likely N-dealkylation sites (N-methyl/N-ethyl adjacent to an activating group) is 1. The van der Waals surface area contributed by atoms with Crippen LogP contribution in [0.25, 0.3) is 10.2 Å². The Morgan fingerprint density at radius 2 is 1.75 bits per heavy atom. The lowest BCUT2D eigenvalue weighted by Crippen LogP contribution is -2.39. The van der Waals surface area contributed by atoms with Crippen LogP contribution >= 0.6 is 23.1 Å². The zero-order chi connectivity index (χ0) is 23.3. The molecule has 0 unspecified atom stereocenters. The van der Waals surface area contributed by atoms with Gasteiger partial charge in [0.25, 0.3) is 0 Å². The highest BCUT2D eigenvalue weighted by molar-refractivity contribution is 8.00. The number of hydrogen-bond donors (Lipinski definition) is 0. The minimum atomic E-state index is -3.30. The zero-order valence-electron chi connectivity index (χ0n) is 18.9. The standard InChI is InChI=1S/C23H29N3O3S3/c1-5-25(6-2)13-14-26(22(27)16-30-18-9-7-17(3)8-10-18)23-24-20-12-11-19(32(4,28)29)15-21(20)31-23/h7-12,15H,5-6,13-14,16H2,1-4H3. The summed E-state index contributed by atoms with van der Waals surface area (Å²) in [5.74, 6) is 0.302. The second kappa shape index (κ2) is 10.8. The van der Waals surface area contributed by atoms with E-state index in [2.05, 4.69) is 23.7 Å². The van der Waals surface area contributed by atoms with Crippen LogP contribution in [0.5, 0.6) is 0 Å². The lowest BCUT2D eigenvalue weighted by atomic mass is 10.2. The number of amides is 1. The largest absolute Gasteiger partial charge is 0.302 e. The molecule has 1 heterocycles. The maximum atomic E-state index is 13.2. The molecule has 0 aliphatic rings. The minimum Gasteiger partial charge on any atom is -0.302 e. The van der Waals surface area contributed by atoms with E-state index in [0.29, 0.717) is 22.9 Å². The molecule has 1 amide bonds. The summed E-state index contributed by atoms with van der Waals surface area (Å²) in [6.45, 7) is 9.35. The van der Waals surface area contributed by atoms with E-state index in [9.17, 15) is 13.2 Å². The van der Waals surface area contributed by atoms with Crippen molar-refractivity contribution in [3.05, 3.63) is 48.0 Å². The first-order valence-corrected chi connectivity index (χ1v) is 14.2. The number of anilines is 1. The van der Waals surface area contributed by atoms with Gasteiger partial charge in [-0.3, -0.25) is 9.69 Å². The van der Waals surface area contributed by atoms with Crippen LogP contribution in [0.15, 0.2) is 52.3 Å². The lowest BCUT2D eigenvalue weighted by molar-refractivity contribution is -0.116. The maximum absolute atomic E-state index is 13.2. The van der Waals surface area contributed by atoms with Crippen molar-refractivity contribution in [1.29, 1.82) is 0 Å². The SMILES string of the molecule is CCN(CC)CCN(C(=O)CSc1ccc(C)cc1)c1nc2ccc(S(C)(=O)=O)cc2s1. The number of benzene rings is 2. The maximum Gasteiger partial charge on any atom is 0.239 e. The average Bonchev–Trinajstić information content (AvgIpc) is 3.18. The van der Waals surface area contributed by atoms with Crippen LogP contribution < -0.4 is 4.90 Å². The van der Waals surface area contributed by atoms with Gasteiger partial charge in [-0.2, -0.15) is 0 Å². The van der Waals surface area contributed by atoms with Crippen LogP contribution in [0.4, 0.5) is 5.13 Å². The van der Waals surface area contributed by atoms with Gasteiger partial charge in [0, 0.05) is 24.2 Å². The average molecular weight is 492 g/mol. The van der Waals surface area contributed by atoms with E-state index in [0.717, 1.165) is 29.2 Å². The van der Waals surface area contributed by atoms with Gasteiger partial charge in [-0.15, -0.1) is 11.8 Å². The molecule has 172 valence electrons. The fourth-order valence-corrected chi connectivity index (χ4v) is 5.75. The third-order valence-electron chi connectivity index (χ3n) is 5.23. The summed E-state index contributed by atoms with van der Waals surface area (Å²) >= 11 is 2.87. The Balaban J connectivity index is 1.85. The molecule has 3 rings (SSSR count). The number of aryl methyl sites for hydroxylation is 1. The minimum absolute atomic E-state index is 0.00914. The first-order valence-electron chi connectivity index (χ1n) is 10.5. The molecule has 0 bridgehead atoms. The van der Waals surface area contributed by atoms with E-state index in [-0.39, 0.29) is 10.8 Å². The van der Waals surface area contributed by atoms with Crippen LogP contribution in [-0.2, 0) is 14.6 Å².